The average Bonchev–Trinajstić information content (AvgIpc) is 2.84. The van der Waals surface area contributed by atoms with Gasteiger partial charge in [0.05, 0.1) is 17.7 Å². The lowest BCUT2D eigenvalue weighted by atomic mass is 9.99. The summed E-state index contributed by atoms with van der Waals surface area (Å²) in [7, 11) is 1.78. The Bertz CT molecular complexity index is 495. The quantitative estimate of drug-likeness (QED) is 0.831. The summed E-state index contributed by atoms with van der Waals surface area (Å²) in [5.74, 6) is -1.44. The summed E-state index contributed by atoms with van der Waals surface area (Å²) >= 11 is 0. The van der Waals surface area contributed by atoms with Gasteiger partial charge in [0.25, 0.3) is 5.91 Å². The second-order valence-corrected chi connectivity index (χ2v) is 4.90. The van der Waals surface area contributed by atoms with Crippen LogP contribution in [-0.4, -0.2) is 44.8 Å². The van der Waals surface area contributed by atoms with Crippen LogP contribution >= 0.6 is 0 Å². The van der Waals surface area contributed by atoms with E-state index in [0.717, 1.165) is 5.69 Å². The molecule has 0 aliphatic carbocycles. The van der Waals surface area contributed by atoms with Gasteiger partial charge < -0.3 is 10.0 Å². The van der Waals surface area contributed by atoms with E-state index in [0.29, 0.717) is 12.1 Å². The van der Waals surface area contributed by atoms with E-state index in [1.54, 1.807) is 16.6 Å². The first-order valence-corrected chi connectivity index (χ1v) is 5.92. The fourth-order valence-electron chi connectivity index (χ4n) is 2.33. The van der Waals surface area contributed by atoms with Gasteiger partial charge in [0.2, 0.25) is 0 Å². The third-order valence-corrected chi connectivity index (χ3v) is 3.68. The molecule has 2 unspecified atom stereocenters. The summed E-state index contributed by atoms with van der Waals surface area (Å²) in [6.07, 6.45) is 1.54. The van der Waals surface area contributed by atoms with Crippen LogP contribution in [0.15, 0.2) is 6.20 Å². The van der Waals surface area contributed by atoms with Crippen LogP contribution in [0.2, 0.25) is 0 Å². The Labute approximate surface area is 105 Å². The zero-order chi connectivity index (χ0) is 13.4. The van der Waals surface area contributed by atoms with Gasteiger partial charge in [-0.3, -0.25) is 14.3 Å². The van der Waals surface area contributed by atoms with E-state index in [1.165, 1.54) is 6.20 Å². The standard InChI is InChI=1S/C12H17N3O3/c1-7-5-15(6-10(7)12(17)18)11(16)9-4-13-14(3)8(9)2/h4,7,10H,5-6H2,1-3H3,(H,17,18). The maximum atomic E-state index is 12.3. The van der Waals surface area contributed by atoms with Crippen molar-refractivity contribution in [3.8, 4) is 0 Å². The fourth-order valence-corrected chi connectivity index (χ4v) is 2.33. The van der Waals surface area contributed by atoms with Crippen molar-refractivity contribution in [3.05, 3.63) is 17.5 Å². The molecular weight excluding hydrogens is 234 g/mol. The molecule has 6 nitrogen and oxygen atoms in total. The molecule has 1 aromatic rings. The van der Waals surface area contributed by atoms with E-state index in [1.807, 2.05) is 13.8 Å². The van der Waals surface area contributed by atoms with E-state index in [2.05, 4.69) is 5.10 Å². The highest BCUT2D eigenvalue weighted by molar-refractivity contribution is 5.95. The molecule has 0 bridgehead atoms. The molecule has 2 rings (SSSR count). The summed E-state index contributed by atoms with van der Waals surface area (Å²) in [5, 5.41) is 13.1. The van der Waals surface area contributed by atoms with Crippen molar-refractivity contribution in [2.45, 2.75) is 13.8 Å². The van der Waals surface area contributed by atoms with Crippen molar-refractivity contribution in [2.75, 3.05) is 13.1 Å². The maximum absolute atomic E-state index is 12.3. The molecule has 6 heteroatoms. The molecule has 1 amide bonds. The van der Waals surface area contributed by atoms with Crippen LogP contribution in [0.1, 0.15) is 23.0 Å². The molecule has 1 fully saturated rings. The Hall–Kier alpha value is -1.85. The van der Waals surface area contributed by atoms with Gasteiger partial charge in [-0.05, 0) is 12.8 Å². The highest BCUT2D eigenvalue weighted by Gasteiger charge is 2.37. The number of carbonyl (C=O) groups excluding carboxylic acids is 1. The molecular formula is C12H17N3O3. The molecule has 0 radical (unpaired) electrons. The third-order valence-electron chi connectivity index (χ3n) is 3.68. The Balaban J connectivity index is 2.17. The molecule has 2 heterocycles. The lowest BCUT2D eigenvalue weighted by molar-refractivity contribution is -0.142. The Kier molecular flexibility index (Phi) is 3.11. The van der Waals surface area contributed by atoms with Crippen LogP contribution in [0.25, 0.3) is 0 Å². The first kappa shape index (κ1) is 12.6. The molecule has 0 spiro atoms. The lowest BCUT2D eigenvalue weighted by Crippen LogP contribution is -2.30. The normalized spacial score (nSPS) is 23.4. The van der Waals surface area contributed by atoms with Crippen LogP contribution in [0.3, 0.4) is 0 Å². The monoisotopic (exact) mass is 251 g/mol. The van der Waals surface area contributed by atoms with Gasteiger partial charge in [-0.2, -0.15) is 5.10 Å². The second kappa shape index (κ2) is 4.44. The highest BCUT2D eigenvalue weighted by atomic mass is 16.4. The molecule has 1 aliphatic heterocycles. The zero-order valence-electron chi connectivity index (χ0n) is 10.8. The number of carboxylic acid groups (broad SMARTS) is 1. The third kappa shape index (κ3) is 1.98. The highest BCUT2D eigenvalue weighted by Crippen LogP contribution is 2.25. The topological polar surface area (TPSA) is 75.4 Å². The summed E-state index contributed by atoms with van der Waals surface area (Å²) in [6, 6.07) is 0. The molecule has 1 N–H and O–H groups in total. The van der Waals surface area contributed by atoms with E-state index in [9.17, 15) is 9.59 Å². The largest absolute Gasteiger partial charge is 0.481 e. The molecule has 0 aromatic carbocycles. The lowest BCUT2D eigenvalue weighted by Gasteiger charge is -2.15. The zero-order valence-corrected chi connectivity index (χ0v) is 10.8. The number of likely N-dealkylation sites (tertiary alicyclic amines) is 1. The molecule has 1 saturated heterocycles. The van der Waals surface area contributed by atoms with Gasteiger partial charge in [0, 0.05) is 25.8 Å². The Morgan fingerprint density at radius 2 is 2.11 bits per heavy atom. The van der Waals surface area contributed by atoms with Crippen molar-refractivity contribution in [3.63, 3.8) is 0 Å². The van der Waals surface area contributed by atoms with Crippen LogP contribution < -0.4 is 0 Å². The van der Waals surface area contributed by atoms with Crippen LogP contribution in [0.4, 0.5) is 0 Å². The molecule has 2 atom stereocenters. The van der Waals surface area contributed by atoms with Crippen molar-refractivity contribution in [2.24, 2.45) is 18.9 Å². The van der Waals surface area contributed by atoms with Crippen molar-refractivity contribution in [1.29, 1.82) is 0 Å². The minimum absolute atomic E-state index is 0.0107. The average molecular weight is 251 g/mol. The van der Waals surface area contributed by atoms with Gasteiger partial charge in [0.1, 0.15) is 0 Å². The number of carboxylic acids is 1. The fraction of sp³-hybridized carbons (Fsp3) is 0.583. The molecule has 18 heavy (non-hydrogen) atoms. The SMILES string of the molecule is Cc1c(C(=O)N2CC(C)C(C(=O)O)C2)cnn1C. The number of aliphatic carboxylic acids is 1. The van der Waals surface area contributed by atoms with Gasteiger partial charge in [-0.15, -0.1) is 0 Å². The second-order valence-electron chi connectivity index (χ2n) is 4.90. The molecule has 1 aromatic heterocycles. The summed E-state index contributed by atoms with van der Waals surface area (Å²) in [6.45, 7) is 4.46. The number of aromatic nitrogens is 2. The number of rotatable bonds is 2. The minimum atomic E-state index is -0.833. The summed E-state index contributed by atoms with van der Waals surface area (Å²) in [4.78, 5) is 24.9. The summed E-state index contributed by atoms with van der Waals surface area (Å²) < 4.78 is 1.64. The van der Waals surface area contributed by atoms with Crippen molar-refractivity contribution < 1.29 is 14.7 Å². The van der Waals surface area contributed by atoms with Crippen LogP contribution in [0, 0.1) is 18.8 Å². The maximum Gasteiger partial charge on any atom is 0.308 e. The first-order chi connectivity index (χ1) is 8.41. The van der Waals surface area contributed by atoms with Gasteiger partial charge in [-0.25, -0.2) is 0 Å². The van der Waals surface area contributed by atoms with E-state index >= 15 is 0 Å². The Morgan fingerprint density at radius 3 is 2.56 bits per heavy atom. The Morgan fingerprint density at radius 1 is 1.44 bits per heavy atom. The van der Waals surface area contributed by atoms with Gasteiger partial charge >= 0.3 is 5.97 Å². The van der Waals surface area contributed by atoms with Crippen LogP contribution in [0.5, 0.6) is 0 Å². The van der Waals surface area contributed by atoms with E-state index in [4.69, 9.17) is 5.11 Å². The van der Waals surface area contributed by atoms with Crippen molar-refractivity contribution >= 4 is 11.9 Å². The molecule has 0 saturated carbocycles. The van der Waals surface area contributed by atoms with E-state index < -0.39 is 11.9 Å². The first-order valence-electron chi connectivity index (χ1n) is 5.92. The summed E-state index contributed by atoms with van der Waals surface area (Å²) in [5.41, 5.74) is 1.35. The van der Waals surface area contributed by atoms with Crippen LogP contribution in [-0.2, 0) is 11.8 Å². The minimum Gasteiger partial charge on any atom is -0.481 e. The van der Waals surface area contributed by atoms with E-state index in [-0.39, 0.29) is 18.4 Å². The van der Waals surface area contributed by atoms with Crippen molar-refractivity contribution in [1.82, 2.24) is 14.7 Å². The number of amides is 1. The number of carbonyl (C=O) groups is 2. The predicted molar refractivity (Wildman–Crippen MR) is 64.1 cm³/mol. The number of aryl methyl sites for hydroxylation is 1. The smallest absolute Gasteiger partial charge is 0.308 e. The molecule has 1 aliphatic rings. The van der Waals surface area contributed by atoms with Gasteiger partial charge in [0.15, 0.2) is 0 Å². The predicted octanol–water partition coefficient (Wildman–Crippen LogP) is 0.521. The molecule has 98 valence electrons. The number of nitrogens with zero attached hydrogens (tertiary/aromatic N) is 3. The number of hydrogen-bond acceptors (Lipinski definition) is 3. The number of hydrogen-bond donors (Lipinski definition) is 1. The van der Waals surface area contributed by atoms with Gasteiger partial charge in [-0.1, -0.05) is 6.92 Å².